The third-order valence-electron chi connectivity index (χ3n) is 4.77. The monoisotopic (exact) mass is 296 g/mol. The van der Waals surface area contributed by atoms with Crippen LogP contribution in [0.1, 0.15) is 30.5 Å². The minimum atomic E-state index is -1.01. The Morgan fingerprint density at radius 3 is 2.71 bits per heavy atom. The fraction of sp³-hybridized carbons (Fsp3) is 0.333. The van der Waals surface area contributed by atoms with Crippen LogP contribution in [0, 0.1) is 11.3 Å². The molecule has 3 heteroatoms. The number of benzene rings is 1. The molecule has 0 saturated carbocycles. The molecule has 1 aromatic carbocycles. The zero-order valence-electron chi connectivity index (χ0n) is 12.8. The second kappa shape index (κ2) is 4.89. The van der Waals surface area contributed by atoms with Crippen LogP contribution < -0.4 is 0 Å². The van der Waals surface area contributed by atoms with Gasteiger partial charge in [-0.3, -0.25) is 4.98 Å². The van der Waals surface area contributed by atoms with Gasteiger partial charge in [-0.2, -0.15) is 5.26 Å². The molecule has 2 heterocycles. The van der Waals surface area contributed by atoms with E-state index in [1.165, 1.54) is 16.0 Å². The molecule has 2 aromatic rings. The van der Waals surface area contributed by atoms with Gasteiger partial charge in [0.2, 0.25) is 0 Å². The van der Waals surface area contributed by atoms with E-state index in [4.69, 9.17) is 5.26 Å². The summed E-state index contributed by atoms with van der Waals surface area (Å²) in [6.07, 6.45) is 7.33. The Bertz CT molecular complexity index is 716. The number of hydrogen-bond acceptors (Lipinski definition) is 2. The molecule has 0 radical (unpaired) electrons. The molecule has 21 heavy (non-hydrogen) atoms. The van der Waals surface area contributed by atoms with Gasteiger partial charge in [-0.05, 0) is 48.1 Å². The summed E-state index contributed by atoms with van der Waals surface area (Å²) in [6.45, 7) is 4.74. The second-order valence-electron chi connectivity index (χ2n) is 6.45. The van der Waals surface area contributed by atoms with Gasteiger partial charge < -0.3 is 0 Å². The SMILES string of the molecule is CC1(C)Cc2ccc(C#N)cc2CS1(C)c1cccnc1. The molecule has 0 aliphatic carbocycles. The van der Waals surface area contributed by atoms with E-state index in [1.807, 2.05) is 24.5 Å². The standard InChI is InChI=1S/C18H20N2S/c1-18(2)10-15-7-6-14(11-19)9-16(15)13-21(18,3)17-5-4-8-20-12-17/h4-9,12H,10,13H2,1-3H3. The van der Waals surface area contributed by atoms with Gasteiger partial charge in [-0.15, -0.1) is 0 Å². The van der Waals surface area contributed by atoms with E-state index in [0.29, 0.717) is 0 Å². The van der Waals surface area contributed by atoms with E-state index < -0.39 is 10.0 Å². The van der Waals surface area contributed by atoms with E-state index in [9.17, 15) is 0 Å². The molecule has 108 valence electrons. The summed E-state index contributed by atoms with van der Waals surface area (Å²) < 4.78 is 0.233. The quantitative estimate of drug-likeness (QED) is 0.787. The van der Waals surface area contributed by atoms with Gasteiger partial charge in [-0.25, -0.2) is 10.0 Å². The Labute approximate surface area is 128 Å². The number of hydrogen-bond donors (Lipinski definition) is 0. The van der Waals surface area contributed by atoms with E-state index in [0.717, 1.165) is 17.7 Å². The molecule has 2 nitrogen and oxygen atoms in total. The Hall–Kier alpha value is -1.79. The summed E-state index contributed by atoms with van der Waals surface area (Å²) in [7, 11) is -1.01. The summed E-state index contributed by atoms with van der Waals surface area (Å²) >= 11 is 0. The Morgan fingerprint density at radius 2 is 2.05 bits per heavy atom. The van der Waals surface area contributed by atoms with Crippen LogP contribution in [0.4, 0.5) is 0 Å². The molecule has 1 unspecified atom stereocenters. The van der Waals surface area contributed by atoms with Crippen LogP contribution in [-0.2, 0) is 12.2 Å². The van der Waals surface area contributed by atoms with E-state index in [-0.39, 0.29) is 4.75 Å². The summed E-state index contributed by atoms with van der Waals surface area (Å²) in [5.41, 5.74) is 3.50. The minimum Gasteiger partial charge on any atom is -0.264 e. The van der Waals surface area contributed by atoms with Crippen LogP contribution in [0.2, 0.25) is 0 Å². The van der Waals surface area contributed by atoms with Gasteiger partial charge in [0.1, 0.15) is 0 Å². The first-order valence-corrected chi connectivity index (χ1v) is 9.35. The van der Waals surface area contributed by atoms with Crippen molar-refractivity contribution in [3.05, 3.63) is 59.4 Å². The van der Waals surface area contributed by atoms with Gasteiger partial charge >= 0.3 is 0 Å². The van der Waals surface area contributed by atoms with Gasteiger partial charge in [0.15, 0.2) is 0 Å². The molecule has 0 fully saturated rings. The molecule has 1 aliphatic rings. The topological polar surface area (TPSA) is 36.7 Å². The maximum atomic E-state index is 9.14. The molecule has 1 atom stereocenters. The van der Waals surface area contributed by atoms with Crippen molar-refractivity contribution in [2.75, 3.05) is 6.26 Å². The highest BCUT2D eigenvalue weighted by molar-refractivity contribution is 8.33. The van der Waals surface area contributed by atoms with Crippen molar-refractivity contribution in [2.45, 2.75) is 35.7 Å². The smallest absolute Gasteiger partial charge is 0.0991 e. The Balaban J connectivity index is 2.13. The van der Waals surface area contributed by atoms with E-state index >= 15 is 0 Å². The Morgan fingerprint density at radius 1 is 1.24 bits per heavy atom. The normalized spacial score (nSPS) is 26.2. The fourth-order valence-electron chi connectivity index (χ4n) is 3.14. The number of pyridine rings is 1. The van der Waals surface area contributed by atoms with Crippen molar-refractivity contribution in [2.24, 2.45) is 0 Å². The first kappa shape index (κ1) is 14.2. The van der Waals surface area contributed by atoms with Crippen LogP contribution >= 0.6 is 10.0 Å². The average molecular weight is 296 g/mol. The van der Waals surface area contributed by atoms with Crippen molar-refractivity contribution in [1.29, 1.82) is 5.26 Å². The lowest BCUT2D eigenvalue weighted by Crippen LogP contribution is -2.36. The highest BCUT2D eigenvalue weighted by Gasteiger charge is 2.42. The highest BCUT2D eigenvalue weighted by atomic mass is 32.3. The van der Waals surface area contributed by atoms with Gasteiger partial charge in [-0.1, -0.05) is 19.9 Å². The predicted molar refractivity (Wildman–Crippen MR) is 88.7 cm³/mol. The molecule has 0 spiro atoms. The highest BCUT2D eigenvalue weighted by Crippen LogP contribution is 2.67. The van der Waals surface area contributed by atoms with Crippen LogP contribution in [0.3, 0.4) is 0 Å². The summed E-state index contributed by atoms with van der Waals surface area (Å²) in [5, 5.41) is 9.14. The van der Waals surface area contributed by atoms with Crippen molar-refractivity contribution in [1.82, 2.24) is 4.98 Å². The molecule has 3 rings (SSSR count). The molecular formula is C18H20N2S. The molecular weight excluding hydrogens is 276 g/mol. The summed E-state index contributed by atoms with van der Waals surface area (Å²) in [5.74, 6) is 1.04. The summed E-state index contributed by atoms with van der Waals surface area (Å²) in [4.78, 5) is 5.69. The number of rotatable bonds is 1. The van der Waals surface area contributed by atoms with Gasteiger partial charge in [0.05, 0.1) is 11.6 Å². The van der Waals surface area contributed by atoms with Crippen molar-refractivity contribution in [3.63, 3.8) is 0 Å². The molecule has 0 bridgehead atoms. The molecule has 0 N–H and O–H groups in total. The van der Waals surface area contributed by atoms with Crippen molar-refractivity contribution < 1.29 is 0 Å². The second-order valence-corrected chi connectivity index (χ2v) is 10.5. The fourth-order valence-corrected chi connectivity index (χ4v) is 6.38. The Kier molecular flexibility index (Phi) is 3.30. The largest absolute Gasteiger partial charge is 0.264 e. The van der Waals surface area contributed by atoms with Crippen LogP contribution in [0.25, 0.3) is 0 Å². The lowest BCUT2D eigenvalue weighted by molar-refractivity contribution is 0.674. The zero-order chi connectivity index (χ0) is 15.1. The van der Waals surface area contributed by atoms with Crippen LogP contribution in [-0.4, -0.2) is 16.0 Å². The number of nitrogens with zero attached hydrogens (tertiary/aromatic N) is 2. The maximum absolute atomic E-state index is 9.14. The molecule has 0 saturated heterocycles. The van der Waals surface area contributed by atoms with Crippen molar-refractivity contribution in [3.8, 4) is 6.07 Å². The van der Waals surface area contributed by atoms with Crippen molar-refractivity contribution >= 4 is 10.0 Å². The number of fused-ring (bicyclic) bond motifs is 1. The number of aromatic nitrogens is 1. The average Bonchev–Trinajstić information content (AvgIpc) is 2.48. The lowest BCUT2D eigenvalue weighted by Gasteiger charge is -2.53. The molecule has 0 amide bonds. The number of nitriles is 1. The predicted octanol–water partition coefficient (Wildman–Crippen LogP) is 4.28. The molecule has 1 aliphatic heterocycles. The van der Waals surface area contributed by atoms with E-state index in [1.54, 1.807) is 0 Å². The third-order valence-corrected chi connectivity index (χ3v) is 9.52. The molecule has 1 aromatic heterocycles. The third kappa shape index (κ3) is 2.24. The zero-order valence-corrected chi connectivity index (χ0v) is 13.6. The lowest BCUT2D eigenvalue weighted by atomic mass is 9.96. The van der Waals surface area contributed by atoms with Crippen LogP contribution in [0.15, 0.2) is 47.6 Å². The summed E-state index contributed by atoms with van der Waals surface area (Å²) in [6, 6.07) is 12.7. The van der Waals surface area contributed by atoms with E-state index in [2.05, 4.69) is 49.4 Å². The van der Waals surface area contributed by atoms with Gasteiger partial charge in [0.25, 0.3) is 0 Å². The minimum absolute atomic E-state index is 0.233. The first-order chi connectivity index (χ1) is 9.96. The maximum Gasteiger partial charge on any atom is 0.0991 e. The first-order valence-electron chi connectivity index (χ1n) is 7.14. The van der Waals surface area contributed by atoms with Gasteiger partial charge in [0, 0.05) is 27.8 Å². The van der Waals surface area contributed by atoms with Crippen LogP contribution in [0.5, 0.6) is 0 Å².